The summed E-state index contributed by atoms with van der Waals surface area (Å²) in [5.74, 6) is 1.81. The highest BCUT2D eigenvalue weighted by molar-refractivity contribution is 5.66. The zero-order valence-electron chi connectivity index (χ0n) is 9.54. The van der Waals surface area contributed by atoms with Crippen molar-refractivity contribution in [2.75, 3.05) is 19.6 Å². The Bertz CT molecular complexity index is 208. The number of terminal acetylenes is 1. The van der Waals surface area contributed by atoms with Crippen LogP contribution in [0.15, 0.2) is 0 Å². The third-order valence-corrected chi connectivity index (χ3v) is 2.28. The lowest BCUT2D eigenvalue weighted by atomic mass is 10.2. The minimum atomic E-state index is -0.759. The van der Waals surface area contributed by atoms with E-state index in [4.69, 9.17) is 11.5 Å². The molecule has 86 valence electrons. The largest absolute Gasteiger partial charge is 0.481 e. The highest BCUT2D eigenvalue weighted by Crippen LogP contribution is 2.01. The Hall–Kier alpha value is -1.01. The molecule has 0 bridgehead atoms. The molecule has 0 radical (unpaired) electrons. The lowest BCUT2D eigenvalue weighted by molar-refractivity contribution is -0.137. The molecule has 3 nitrogen and oxygen atoms in total. The van der Waals surface area contributed by atoms with Crippen molar-refractivity contribution in [3.8, 4) is 12.3 Å². The number of aliphatic carboxylic acids is 1. The van der Waals surface area contributed by atoms with E-state index < -0.39 is 5.97 Å². The minimum absolute atomic E-state index is 0.176. The Morgan fingerprint density at radius 3 is 2.60 bits per heavy atom. The number of carboxylic acid groups (broad SMARTS) is 1. The van der Waals surface area contributed by atoms with E-state index in [1.54, 1.807) is 0 Å². The standard InChI is InChI=1S/C12H21NO2/c1-3-5-6-7-10-13(9-4-2)11-8-12(14)15/h2H,3,5-11H2,1H3,(H,14,15). The van der Waals surface area contributed by atoms with Crippen molar-refractivity contribution >= 4 is 5.97 Å². The highest BCUT2D eigenvalue weighted by atomic mass is 16.4. The second kappa shape index (κ2) is 9.54. The second-order valence-corrected chi connectivity index (χ2v) is 3.68. The van der Waals surface area contributed by atoms with Crippen molar-refractivity contribution in [2.45, 2.75) is 39.0 Å². The van der Waals surface area contributed by atoms with Crippen LogP contribution in [0.5, 0.6) is 0 Å². The van der Waals surface area contributed by atoms with Gasteiger partial charge >= 0.3 is 5.97 Å². The number of carboxylic acids is 1. The topological polar surface area (TPSA) is 40.5 Å². The van der Waals surface area contributed by atoms with Crippen molar-refractivity contribution < 1.29 is 9.90 Å². The third kappa shape index (κ3) is 9.30. The first-order valence-electron chi connectivity index (χ1n) is 5.58. The van der Waals surface area contributed by atoms with Gasteiger partial charge in [0.2, 0.25) is 0 Å². The van der Waals surface area contributed by atoms with E-state index in [9.17, 15) is 4.79 Å². The first-order valence-corrected chi connectivity index (χ1v) is 5.58. The summed E-state index contributed by atoms with van der Waals surface area (Å²) in [6, 6.07) is 0. The normalized spacial score (nSPS) is 10.2. The van der Waals surface area contributed by atoms with Crippen molar-refractivity contribution in [3.63, 3.8) is 0 Å². The molecule has 0 aromatic carbocycles. The van der Waals surface area contributed by atoms with Gasteiger partial charge in [0.15, 0.2) is 0 Å². The summed E-state index contributed by atoms with van der Waals surface area (Å²) in [4.78, 5) is 12.4. The number of unbranched alkanes of at least 4 members (excludes halogenated alkanes) is 3. The predicted octanol–water partition coefficient (Wildman–Crippen LogP) is 1.98. The van der Waals surface area contributed by atoms with E-state index in [2.05, 4.69) is 12.8 Å². The fourth-order valence-electron chi connectivity index (χ4n) is 1.41. The zero-order chi connectivity index (χ0) is 11.5. The summed E-state index contributed by atoms with van der Waals surface area (Å²) in [6.07, 6.45) is 10.2. The fraction of sp³-hybridized carbons (Fsp3) is 0.750. The first kappa shape index (κ1) is 14.0. The molecule has 0 amide bonds. The van der Waals surface area contributed by atoms with Gasteiger partial charge in [-0.05, 0) is 13.0 Å². The zero-order valence-corrected chi connectivity index (χ0v) is 9.54. The maximum atomic E-state index is 10.4. The second-order valence-electron chi connectivity index (χ2n) is 3.68. The van der Waals surface area contributed by atoms with Crippen molar-refractivity contribution in [1.82, 2.24) is 4.90 Å². The van der Waals surface area contributed by atoms with E-state index in [1.165, 1.54) is 19.3 Å². The van der Waals surface area contributed by atoms with Crippen LogP contribution in [0, 0.1) is 12.3 Å². The van der Waals surface area contributed by atoms with E-state index in [1.807, 2.05) is 4.90 Å². The van der Waals surface area contributed by atoms with Gasteiger partial charge in [-0.3, -0.25) is 9.69 Å². The first-order chi connectivity index (χ1) is 7.20. The molecule has 1 N–H and O–H groups in total. The van der Waals surface area contributed by atoms with Gasteiger partial charge in [-0.1, -0.05) is 32.1 Å². The van der Waals surface area contributed by atoms with Crippen molar-refractivity contribution in [3.05, 3.63) is 0 Å². The number of carbonyl (C=O) groups is 1. The van der Waals surface area contributed by atoms with Crippen LogP contribution < -0.4 is 0 Å². The Kier molecular flexibility index (Phi) is 8.90. The Morgan fingerprint density at radius 1 is 1.33 bits per heavy atom. The van der Waals surface area contributed by atoms with Gasteiger partial charge in [0.05, 0.1) is 13.0 Å². The molecule has 0 aromatic rings. The van der Waals surface area contributed by atoms with Gasteiger partial charge in [-0.15, -0.1) is 6.42 Å². The molecule has 0 heterocycles. The minimum Gasteiger partial charge on any atom is -0.481 e. The Balaban J connectivity index is 3.63. The highest BCUT2D eigenvalue weighted by Gasteiger charge is 2.05. The number of hydrogen-bond acceptors (Lipinski definition) is 2. The van der Waals surface area contributed by atoms with Crippen LogP contribution in [0.4, 0.5) is 0 Å². The van der Waals surface area contributed by atoms with E-state index in [0.29, 0.717) is 13.1 Å². The third-order valence-electron chi connectivity index (χ3n) is 2.28. The van der Waals surface area contributed by atoms with Gasteiger partial charge < -0.3 is 5.11 Å². The van der Waals surface area contributed by atoms with Crippen LogP contribution in [0.1, 0.15) is 39.0 Å². The molecule has 3 heteroatoms. The quantitative estimate of drug-likeness (QED) is 0.468. The van der Waals surface area contributed by atoms with E-state index >= 15 is 0 Å². The van der Waals surface area contributed by atoms with Crippen LogP contribution in [0.3, 0.4) is 0 Å². The summed E-state index contributed by atoms with van der Waals surface area (Å²) < 4.78 is 0. The molecule has 0 spiro atoms. The van der Waals surface area contributed by atoms with Gasteiger partial charge in [0.25, 0.3) is 0 Å². The summed E-state index contributed by atoms with van der Waals surface area (Å²) in [5, 5.41) is 8.56. The number of hydrogen-bond donors (Lipinski definition) is 1. The molecule has 0 aromatic heterocycles. The molecule has 0 saturated carbocycles. The molecule has 0 rings (SSSR count). The van der Waals surface area contributed by atoms with E-state index in [-0.39, 0.29) is 6.42 Å². The molecule has 0 saturated heterocycles. The fourth-order valence-corrected chi connectivity index (χ4v) is 1.41. The average Bonchev–Trinajstić information content (AvgIpc) is 2.20. The molecule has 0 fully saturated rings. The molecule has 0 aliphatic carbocycles. The molecular formula is C12H21NO2. The summed E-state index contributed by atoms with van der Waals surface area (Å²) >= 11 is 0. The van der Waals surface area contributed by atoms with Crippen molar-refractivity contribution in [2.24, 2.45) is 0 Å². The monoisotopic (exact) mass is 211 g/mol. The number of rotatable bonds is 9. The maximum absolute atomic E-state index is 10.4. The summed E-state index contributed by atoms with van der Waals surface area (Å²) in [6.45, 7) is 4.20. The molecule has 0 aliphatic rings. The molecule has 0 atom stereocenters. The lowest BCUT2D eigenvalue weighted by Crippen LogP contribution is -2.27. The van der Waals surface area contributed by atoms with Crippen LogP contribution >= 0.6 is 0 Å². The summed E-state index contributed by atoms with van der Waals surface area (Å²) in [5.41, 5.74) is 0. The molecule has 0 unspecified atom stereocenters. The smallest absolute Gasteiger partial charge is 0.304 e. The van der Waals surface area contributed by atoms with Gasteiger partial charge in [-0.2, -0.15) is 0 Å². The summed E-state index contributed by atoms with van der Waals surface area (Å²) in [7, 11) is 0. The molecular weight excluding hydrogens is 190 g/mol. The van der Waals surface area contributed by atoms with Crippen LogP contribution in [0.2, 0.25) is 0 Å². The van der Waals surface area contributed by atoms with Crippen LogP contribution in [-0.2, 0) is 4.79 Å². The molecule has 0 aliphatic heterocycles. The Morgan fingerprint density at radius 2 is 2.07 bits per heavy atom. The van der Waals surface area contributed by atoms with E-state index in [0.717, 1.165) is 13.0 Å². The van der Waals surface area contributed by atoms with Gasteiger partial charge in [0, 0.05) is 6.54 Å². The van der Waals surface area contributed by atoms with Crippen LogP contribution in [0.25, 0.3) is 0 Å². The average molecular weight is 211 g/mol. The Labute approximate surface area is 92.5 Å². The predicted molar refractivity (Wildman–Crippen MR) is 61.7 cm³/mol. The van der Waals surface area contributed by atoms with Crippen LogP contribution in [-0.4, -0.2) is 35.6 Å². The number of nitrogens with zero attached hydrogens (tertiary/aromatic N) is 1. The SMILES string of the molecule is C#CCN(CCCCCC)CCC(=O)O. The maximum Gasteiger partial charge on any atom is 0.304 e. The van der Waals surface area contributed by atoms with Gasteiger partial charge in [-0.25, -0.2) is 0 Å². The molecule has 15 heavy (non-hydrogen) atoms. The van der Waals surface area contributed by atoms with Crippen molar-refractivity contribution in [1.29, 1.82) is 0 Å². The lowest BCUT2D eigenvalue weighted by Gasteiger charge is -2.18. The van der Waals surface area contributed by atoms with Gasteiger partial charge in [0.1, 0.15) is 0 Å².